The van der Waals surface area contributed by atoms with Crippen molar-refractivity contribution in [2.75, 3.05) is 0 Å². The van der Waals surface area contributed by atoms with Gasteiger partial charge in [0, 0.05) is 16.3 Å². The number of fused-ring (bicyclic) bond motifs is 1. The zero-order chi connectivity index (χ0) is 16.5. The van der Waals surface area contributed by atoms with Gasteiger partial charge in [-0.25, -0.2) is 4.79 Å². The van der Waals surface area contributed by atoms with Crippen LogP contribution in [0.3, 0.4) is 0 Å². The van der Waals surface area contributed by atoms with Crippen molar-refractivity contribution in [1.29, 1.82) is 0 Å². The molecule has 2 N–H and O–H groups in total. The summed E-state index contributed by atoms with van der Waals surface area (Å²) in [6.45, 7) is 0. The Hall–Kier alpha value is -2.03. The van der Waals surface area contributed by atoms with Gasteiger partial charge in [0.25, 0.3) is 0 Å². The van der Waals surface area contributed by atoms with E-state index < -0.39 is 30.5 Å². The molecule has 0 saturated carbocycles. The number of benzene rings is 1. The van der Waals surface area contributed by atoms with Crippen molar-refractivity contribution in [1.82, 2.24) is 5.32 Å². The molecule has 0 fully saturated rings. The Labute approximate surface area is 130 Å². The topological polar surface area (TPSA) is 79.5 Å². The third kappa shape index (κ3) is 3.79. The first kappa shape index (κ1) is 16.3. The van der Waals surface area contributed by atoms with Crippen LogP contribution >= 0.6 is 15.9 Å². The number of furan rings is 1. The molecule has 2 aromatic rings. The molecule has 9 heteroatoms. The molecule has 1 aromatic heterocycles. The number of nitrogens with one attached hydrogen (secondary N) is 1. The summed E-state index contributed by atoms with van der Waals surface area (Å²) in [7, 11) is 0. The fourth-order valence-electron chi connectivity index (χ4n) is 1.81. The largest absolute Gasteiger partial charge is 0.480 e. The van der Waals surface area contributed by atoms with Crippen molar-refractivity contribution in [3.63, 3.8) is 0 Å². The number of carbonyl (C=O) groups excluding carboxylic acids is 1. The molecule has 1 aromatic carbocycles. The molecule has 0 saturated heterocycles. The van der Waals surface area contributed by atoms with Crippen molar-refractivity contribution in [3.05, 3.63) is 34.5 Å². The van der Waals surface area contributed by atoms with Crippen LogP contribution in [0, 0.1) is 0 Å². The minimum absolute atomic E-state index is 0.156. The highest BCUT2D eigenvalue weighted by Crippen LogP contribution is 2.24. The number of rotatable bonds is 4. The monoisotopic (exact) mass is 379 g/mol. The molecule has 1 unspecified atom stereocenters. The molecule has 0 aliphatic heterocycles. The lowest BCUT2D eigenvalue weighted by Crippen LogP contribution is -2.47. The molecule has 1 amide bonds. The third-order valence-electron chi connectivity index (χ3n) is 2.80. The lowest BCUT2D eigenvalue weighted by molar-refractivity contribution is -0.175. The molecule has 2 rings (SSSR count). The van der Waals surface area contributed by atoms with Gasteiger partial charge in [-0.05, 0) is 24.3 Å². The van der Waals surface area contributed by atoms with E-state index in [0.717, 1.165) is 4.47 Å². The van der Waals surface area contributed by atoms with Crippen molar-refractivity contribution in [3.8, 4) is 0 Å². The first-order valence-electron chi connectivity index (χ1n) is 5.95. The van der Waals surface area contributed by atoms with Gasteiger partial charge in [-0.1, -0.05) is 15.9 Å². The van der Waals surface area contributed by atoms with Crippen LogP contribution in [0.25, 0.3) is 11.0 Å². The minimum atomic E-state index is -5.15. The number of aliphatic carboxylic acids is 1. The van der Waals surface area contributed by atoms with Gasteiger partial charge in [0.15, 0.2) is 0 Å². The SMILES string of the molecule is O=C(O)C(Cc1cc2cc(Br)ccc2o1)NC(=O)C(F)(F)F. The van der Waals surface area contributed by atoms with Gasteiger partial charge in [-0.3, -0.25) is 4.79 Å². The van der Waals surface area contributed by atoms with Crippen LogP contribution in [-0.2, 0) is 16.0 Å². The van der Waals surface area contributed by atoms with Crippen LogP contribution in [-0.4, -0.2) is 29.2 Å². The quantitative estimate of drug-likeness (QED) is 0.855. The number of hydrogen-bond donors (Lipinski definition) is 2. The highest BCUT2D eigenvalue weighted by Gasteiger charge is 2.41. The van der Waals surface area contributed by atoms with Crippen LogP contribution in [0.4, 0.5) is 13.2 Å². The maximum atomic E-state index is 12.2. The Morgan fingerprint density at radius 2 is 2.00 bits per heavy atom. The van der Waals surface area contributed by atoms with E-state index in [9.17, 15) is 22.8 Å². The summed E-state index contributed by atoms with van der Waals surface area (Å²) in [6, 6.07) is 4.82. The lowest BCUT2D eigenvalue weighted by atomic mass is 10.1. The number of carbonyl (C=O) groups is 2. The first-order valence-corrected chi connectivity index (χ1v) is 6.74. The second-order valence-electron chi connectivity index (χ2n) is 4.46. The Morgan fingerprint density at radius 1 is 1.32 bits per heavy atom. The summed E-state index contributed by atoms with van der Waals surface area (Å²) in [4.78, 5) is 21.9. The molecule has 1 heterocycles. The van der Waals surface area contributed by atoms with E-state index in [4.69, 9.17) is 9.52 Å². The average molecular weight is 380 g/mol. The molecule has 0 bridgehead atoms. The summed E-state index contributed by atoms with van der Waals surface area (Å²) in [5.41, 5.74) is 0.462. The normalized spacial score (nSPS) is 13.1. The van der Waals surface area contributed by atoms with E-state index in [1.165, 1.54) is 11.4 Å². The van der Waals surface area contributed by atoms with Gasteiger partial charge >= 0.3 is 18.1 Å². The van der Waals surface area contributed by atoms with Gasteiger partial charge in [0.1, 0.15) is 17.4 Å². The maximum absolute atomic E-state index is 12.2. The van der Waals surface area contributed by atoms with Crippen LogP contribution < -0.4 is 5.32 Å². The fraction of sp³-hybridized carbons (Fsp3) is 0.231. The van der Waals surface area contributed by atoms with E-state index in [2.05, 4.69) is 15.9 Å². The molecule has 0 aliphatic rings. The summed E-state index contributed by atoms with van der Waals surface area (Å²) < 4.78 is 42.7. The number of carboxylic acid groups (broad SMARTS) is 1. The number of amides is 1. The molecule has 1 atom stereocenters. The van der Waals surface area contributed by atoms with Crippen LogP contribution in [0.5, 0.6) is 0 Å². The standard InChI is InChI=1S/C13H9BrF3NO4/c14-7-1-2-10-6(3-7)4-8(22-10)5-9(11(19)20)18-12(21)13(15,16)17/h1-4,9H,5H2,(H,18,21)(H,19,20). The summed E-state index contributed by atoms with van der Waals surface area (Å²) in [6.07, 6.45) is -5.55. The van der Waals surface area contributed by atoms with Crippen molar-refractivity contribution < 1.29 is 32.3 Å². The number of halogens is 4. The summed E-state index contributed by atoms with van der Waals surface area (Å²) in [5.74, 6) is -3.74. The Balaban J connectivity index is 2.19. The zero-order valence-corrected chi connectivity index (χ0v) is 12.4. The molecule has 5 nitrogen and oxygen atoms in total. The summed E-state index contributed by atoms with van der Waals surface area (Å²) in [5, 5.41) is 11.0. The molecule has 22 heavy (non-hydrogen) atoms. The minimum Gasteiger partial charge on any atom is -0.480 e. The molecule has 118 valence electrons. The smallest absolute Gasteiger partial charge is 0.471 e. The zero-order valence-electron chi connectivity index (χ0n) is 10.8. The molecule has 0 spiro atoms. The van der Waals surface area contributed by atoms with E-state index >= 15 is 0 Å². The second-order valence-corrected chi connectivity index (χ2v) is 5.38. The predicted octanol–water partition coefficient (Wildman–Crippen LogP) is 2.87. The predicted molar refractivity (Wildman–Crippen MR) is 73.2 cm³/mol. The third-order valence-corrected chi connectivity index (χ3v) is 3.29. The van der Waals surface area contributed by atoms with Crippen molar-refractivity contribution >= 4 is 38.8 Å². The maximum Gasteiger partial charge on any atom is 0.471 e. The van der Waals surface area contributed by atoms with E-state index in [0.29, 0.717) is 11.0 Å². The number of alkyl halides is 3. The van der Waals surface area contributed by atoms with Gasteiger partial charge in [-0.15, -0.1) is 0 Å². The van der Waals surface area contributed by atoms with Gasteiger partial charge in [0.05, 0.1) is 0 Å². The van der Waals surface area contributed by atoms with Gasteiger partial charge < -0.3 is 14.8 Å². The van der Waals surface area contributed by atoms with E-state index in [1.807, 2.05) is 0 Å². The number of carboxylic acids is 1. The Morgan fingerprint density at radius 3 is 2.59 bits per heavy atom. The fourth-order valence-corrected chi connectivity index (χ4v) is 2.19. The van der Waals surface area contributed by atoms with Crippen LogP contribution in [0.1, 0.15) is 5.76 Å². The van der Waals surface area contributed by atoms with Crippen LogP contribution in [0.2, 0.25) is 0 Å². The van der Waals surface area contributed by atoms with Gasteiger partial charge in [-0.2, -0.15) is 13.2 Å². The number of hydrogen-bond acceptors (Lipinski definition) is 3. The highest BCUT2D eigenvalue weighted by molar-refractivity contribution is 9.10. The van der Waals surface area contributed by atoms with Crippen molar-refractivity contribution in [2.24, 2.45) is 0 Å². The van der Waals surface area contributed by atoms with Gasteiger partial charge in [0.2, 0.25) is 0 Å². The van der Waals surface area contributed by atoms with Crippen molar-refractivity contribution in [2.45, 2.75) is 18.6 Å². The van der Waals surface area contributed by atoms with Crippen LogP contribution in [0.15, 0.2) is 33.2 Å². The Kier molecular flexibility index (Phi) is 4.45. The lowest BCUT2D eigenvalue weighted by Gasteiger charge is -2.14. The average Bonchev–Trinajstić information content (AvgIpc) is 2.77. The summed E-state index contributed by atoms with van der Waals surface area (Å²) >= 11 is 3.25. The highest BCUT2D eigenvalue weighted by atomic mass is 79.9. The molecule has 0 aliphatic carbocycles. The molecular formula is C13H9BrF3NO4. The second kappa shape index (κ2) is 5.99. The first-order chi connectivity index (χ1) is 10.2. The van der Waals surface area contributed by atoms with E-state index in [1.54, 1.807) is 18.2 Å². The Bertz CT molecular complexity index is 726. The molecule has 0 radical (unpaired) electrons. The van der Waals surface area contributed by atoms with E-state index in [-0.39, 0.29) is 5.76 Å². The molecular weight excluding hydrogens is 371 g/mol.